The van der Waals surface area contributed by atoms with Gasteiger partial charge in [-0.25, -0.2) is 8.78 Å². The fourth-order valence-corrected chi connectivity index (χ4v) is 1.12. The molecule has 76 valence electrons. The minimum Gasteiger partial charge on any atom is -0.287 e. The fourth-order valence-electron chi connectivity index (χ4n) is 1.12. The summed E-state index contributed by atoms with van der Waals surface area (Å²) in [6, 6.07) is 2.66. The maximum Gasteiger partial charge on any atom is 0.217 e. The molecular weight excluding hydrogens is 204 g/mol. The summed E-state index contributed by atoms with van der Waals surface area (Å²) in [5.74, 6) is -2.17. The topological polar surface area (TPSA) is 58.6 Å². The van der Waals surface area contributed by atoms with Crippen LogP contribution in [0.15, 0.2) is 24.4 Å². The summed E-state index contributed by atoms with van der Waals surface area (Å²) >= 11 is 0. The Kier molecular flexibility index (Phi) is 2.24. The van der Waals surface area contributed by atoms with Gasteiger partial charge in [0.05, 0.1) is 11.8 Å². The number of aromatic amines is 1. The zero-order valence-electron chi connectivity index (χ0n) is 7.37. The van der Waals surface area contributed by atoms with Gasteiger partial charge in [0.25, 0.3) is 0 Å². The summed E-state index contributed by atoms with van der Waals surface area (Å²) < 4.78 is 26.0. The van der Waals surface area contributed by atoms with E-state index in [1.54, 1.807) is 0 Å². The lowest BCUT2D eigenvalue weighted by molar-refractivity contribution is 0.103. The molecule has 6 heteroatoms. The molecule has 1 aromatic carbocycles. The van der Waals surface area contributed by atoms with Crippen molar-refractivity contribution in [1.82, 2.24) is 15.4 Å². The molecule has 0 radical (unpaired) electrons. The first kappa shape index (κ1) is 9.45. The van der Waals surface area contributed by atoms with Crippen molar-refractivity contribution in [2.45, 2.75) is 0 Å². The van der Waals surface area contributed by atoms with E-state index in [4.69, 9.17) is 0 Å². The van der Waals surface area contributed by atoms with Gasteiger partial charge < -0.3 is 0 Å². The quantitative estimate of drug-likeness (QED) is 0.758. The first-order chi connectivity index (χ1) is 7.18. The summed E-state index contributed by atoms with van der Waals surface area (Å²) in [5.41, 5.74) is -0.414. The molecule has 0 aliphatic rings. The molecule has 0 bridgehead atoms. The molecule has 4 nitrogen and oxygen atoms in total. The van der Waals surface area contributed by atoms with Crippen molar-refractivity contribution in [3.8, 4) is 0 Å². The van der Waals surface area contributed by atoms with Crippen LogP contribution in [-0.2, 0) is 0 Å². The van der Waals surface area contributed by atoms with Crippen LogP contribution in [0.2, 0.25) is 0 Å². The van der Waals surface area contributed by atoms with Gasteiger partial charge in [-0.1, -0.05) is 0 Å². The van der Waals surface area contributed by atoms with Crippen LogP contribution in [0.3, 0.4) is 0 Å². The Bertz CT molecular complexity index is 496. The van der Waals surface area contributed by atoms with Crippen LogP contribution in [0, 0.1) is 11.6 Å². The molecule has 0 saturated heterocycles. The Balaban J connectivity index is 2.46. The molecule has 1 heterocycles. The van der Waals surface area contributed by atoms with Crippen LogP contribution in [0.1, 0.15) is 16.1 Å². The molecule has 0 unspecified atom stereocenters. The van der Waals surface area contributed by atoms with Crippen molar-refractivity contribution in [3.63, 3.8) is 0 Å². The van der Waals surface area contributed by atoms with E-state index >= 15 is 0 Å². The lowest BCUT2D eigenvalue weighted by atomic mass is 10.1. The highest BCUT2D eigenvalue weighted by Gasteiger charge is 2.16. The number of nitrogens with zero attached hydrogens (tertiary/aromatic N) is 2. The lowest BCUT2D eigenvalue weighted by Gasteiger charge is -1.98. The normalized spacial score (nSPS) is 10.3. The molecule has 15 heavy (non-hydrogen) atoms. The smallest absolute Gasteiger partial charge is 0.217 e. The number of hydrogen-bond donors (Lipinski definition) is 1. The second kappa shape index (κ2) is 3.56. The molecule has 0 fully saturated rings. The Morgan fingerprint density at radius 2 is 2.13 bits per heavy atom. The van der Waals surface area contributed by atoms with Crippen LogP contribution in [-0.4, -0.2) is 21.2 Å². The monoisotopic (exact) mass is 209 g/mol. The van der Waals surface area contributed by atoms with Crippen molar-refractivity contribution in [2.24, 2.45) is 0 Å². The van der Waals surface area contributed by atoms with E-state index in [9.17, 15) is 13.6 Å². The highest BCUT2D eigenvalue weighted by atomic mass is 19.1. The molecule has 1 aromatic heterocycles. The Morgan fingerprint density at radius 1 is 1.33 bits per heavy atom. The first-order valence-electron chi connectivity index (χ1n) is 4.04. The summed E-state index contributed by atoms with van der Waals surface area (Å²) in [6.07, 6.45) is 1.15. The molecule has 1 N–H and O–H groups in total. The van der Waals surface area contributed by atoms with E-state index in [1.807, 2.05) is 0 Å². The molecule has 2 aromatic rings. The summed E-state index contributed by atoms with van der Waals surface area (Å²) in [5, 5.41) is 9.11. The van der Waals surface area contributed by atoms with Crippen molar-refractivity contribution in [1.29, 1.82) is 0 Å². The zero-order chi connectivity index (χ0) is 10.8. The number of hydrogen-bond acceptors (Lipinski definition) is 3. The number of nitrogens with one attached hydrogen (secondary N) is 1. The van der Waals surface area contributed by atoms with Gasteiger partial charge in [0.2, 0.25) is 5.78 Å². The molecule has 2 rings (SSSR count). The number of halogens is 2. The van der Waals surface area contributed by atoms with Crippen LogP contribution in [0.4, 0.5) is 8.78 Å². The maximum atomic E-state index is 13.2. The predicted molar refractivity (Wildman–Crippen MR) is 46.2 cm³/mol. The van der Waals surface area contributed by atoms with Gasteiger partial charge in [-0.3, -0.25) is 4.79 Å². The average Bonchev–Trinajstić information content (AvgIpc) is 2.74. The number of ketones is 1. The van der Waals surface area contributed by atoms with Crippen molar-refractivity contribution in [3.05, 3.63) is 47.3 Å². The minimum absolute atomic E-state index is 0.0560. The van der Waals surface area contributed by atoms with Crippen molar-refractivity contribution < 1.29 is 13.6 Å². The third kappa shape index (κ3) is 1.74. The molecule has 0 spiro atoms. The van der Waals surface area contributed by atoms with E-state index in [0.29, 0.717) is 0 Å². The average molecular weight is 209 g/mol. The summed E-state index contributed by atoms with van der Waals surface area (Å²) in [4.78, 5) is 11.6. The van der Waals surface area contributed by atoms with Crippen LogP contribution < -0.4 is 0 Å². The van der Waals surface area contributed by atoms with Crippen LogP contribution >= 0.6 is 0 Å². The maximum absolute atomic E-state index is 13.2. The largest absolute Gasteiger partial charge is 0.287 e. The highest BCUT2D eigenvalue weighted by Crippen LogP contribution is 2.13. The second-order valence-electron chi connectivity index (χ2n) is 2.81. The van der Waals surface area contributed by atoms with E-state index in [-0.39, 0.29) is 11.3 Å². The SMILES string of the molecule is O=C(c1cn[nH]n1)c1cc(F)ccc1F. The Labute approximate surface area is 82.9 Å². The van der Waals surface area contributed by atoms with E-state index in [2.05, 4.69) is 15.4 Å². The third-order valence-corrected chi connectivity index (χ3v) is 1.82. The molecule has 0 atom stereocenters. The van der Waals surface area contributed by atoms with Gasteiger partial charge in [0, 0.05) is 0 Å². The van der Waals surface area contributed by atoms with Gasteiger partial charge >= 0.3 is 0 Å². The minimum atomic E-state index is -0.788. The molecule has 0 aliphatic carbocycles. The first-order valence-corrected chi connectivity index (χ1v) is 4.04. The highest BCUT2D eigenvalue weighted by molar-refractivity contribution is 6.07. The zero-order valence-corrected chi connectivity index (χ0v) is 7.37. The number of aromatic nitrogens is 3. The van der Waals surface area contributed by atoms with E-state index < -0.39 is 17.4 Å². The van der Waals surface area contributed by atoms with E-state index in [1.165, 1.54) is 0 Å². The molecule has 0 amide bonds. The van der Waals surface area contributed by atoms with Crippen LogP contribution in [0.5, 0.6) is 0 Å². The van der Waals surface area contributed by atoms with E-state index in [0.717, 1.165) is 24.4 Å². The van der Waals surface area contributed by atoms with Gasteiger partial charge in [-0.15, -0.1) is 0 Å². The summed E-state index contributed by atoms with van der Waals surface area (Å²) in [7, 11) is 0. The molecule has 0 saturated carbocycles. The number of H-pyrrole nitrogens is 1. The Hall–Kier alpha value is -2.11. The third-order valence-electron chi connectivity index (χ3n) is 1.82. The lowest BCUT2D eigenvalue weighted by Crippen LogP contribution is -2.05. The predicted octanol–water partition coefficient (Wildman–Crippen LogP) is 1.31. The number of carbonyl (C=O) groups excluding carboxylic acids is 1. The van der Waals surface area contributed by atoms with Crippen molar-refractivity contribution >= 4 is 5.78 Å². The summed E-state index contributed by atoms with van der Waals surface area (Å²) in [6.45, 7) is 0. The van der Waals surface area contributed by atoms with Gasteiger partial charge in [0.1, 0.15) is 11.6 Å². The number of carbonyl (C=O) groups is 1. The number of benzene rings is 1. The van der Waals surface area contributed by atoms with Gasteiger partial charge in [-0.2, -0.15) is 15.4 Å². The second-order valence-corrected chi connectivity index (χ2v) is 2.81. The van der Waals surface area contributed by atoms with Gasteiger partial charge in [-0.05, 0) is 18.2 Å². The number of rotatable bonds is 2. The Morgan fingerprint density at radius 3 is 2.80 bits per heavy atom. The van der Waals surface area contributed by atoms with Gasteiger partial charge in [0.15, 0.2) is 5.69 Å². The van der Waals surface area contributed by atoms with Crippen molar-refractivity contribution in [2.75, 3.05) is 0 Å². The molecule has 0 aliphatic heterocycles. The fraction of sp³-hybridized carbons (Fsp3) is 0. The molecular formula is C9H5F2N3O. The standard InChI is InChI=1S/C9H5F2N3O/c10-5-1-2-7(11)6(3-5)9(15)8-4-12-14-13-8/h1-4H,(H,12,13,14). The van der Waals surface area contributed by atoms with Crippen LogP contribution in [0.25, 0.3) is 0 Å².